The number of rotatable bonds is 6. The van der Waals surface area contributed by atoms with E-state index in [2.05, 4.69) is 10.4 Å². The fraction of sp³-hybridized carbons (Fsp3) is 0.150. The number of hydrogen-bond acceptors (Lipinski definition) is 3. The summed E-state index contributed by atoms with van der Waals surface area (Å²) in [5, 5.41) is 16.3. The summed E-state index contributed by atoms with van der Waals surface area (Å²) < 4.78 is 1.69. The first-order chi connectivity index (χ1) is 12.5. The van der Waals surface area contributed by atoms with Crippen LogP contribution in [0.3, 0.4) is 0 Å². The van der Waals surface area contributed by atoms with Crippen LogP contribution in [-0.2, 0) is 11.8 Å². The first-order valence-corrected chi connectivity index (χ1v) is 8.19. The van der Waals surface area contributed by atoms with E-state index in [4.69, 9.17) is 0 Å². The largest absolute Gasteiger partial charge is 0.481 e. The lowest BCUT2D eigenvalue weighted by Crippen LogP contribution is -2.31. The Bertz CT molecular complexity index is 919. The third-order valence-corrected chi connectivity index (χ3v) is 4.13. The highest BCUT2D eigenvalue weighted by atomic mass is 16.4. The lowest BCUT2D eigenvalue weighted by atomic mass is 9.99. The number of nitrogens with zero attached hydrogens (tertiary/aromatic N) is 2. The van der Waals surface area contributed by atoms with Gasteiger partial charge in [0.1, 0.15) is 0 Å². The van der Waals surface area contributed by atoms with Gasteiger partial charge in [-0.3, -0.25) is 14.3 Å². The zero-order chi connectivity index (χ0) is 18.5. The summed E-state index contributed by atoms with van der Waals surface area (Å²) in [6.45, 7) is 0.0231. The summed E-state index contributed by atoms with van der Waals surface area (Å²) in [5.74, 6) is -2.07. The van der Waals surface area contributed by atoms with E-state index in [1.54, 1.807) is 53.3 Å². The van der Waals surface area contributed by atoms with Crippen LogP contribution >= 0.6 is 0 Å². The summed E-state index contributed by atoms with van der Waals surface area (Å²) in [7, 11) is 1.83. The van der Waals surface area contributed by atoms with Crippen molar-refractivity contribution in [3.8, 4) is 11.1 Å². The molecule has 3 aromatic rings. The number of aromatic nitrogens is 2. The van der Waals surface area contributed by atoms with Crippen LogP contribution in [0.25, 0.3) is 11.1 Å². The molecule has 0 spiro atoms. The summed E-state index contributed by atoms with van der Waals surface area (Å²) in [4.78, 5) is 24.0. The van der Waals surface area contributed by atoms with Gasteiger partial charge in [-0.25, -0.2) is 0 Å². The first-order valence-electron chi connectivity index (χ1n) is 8.19. The van der Waals surface area contributed by atoms with Crippen molar-refractivity contribution in [3.05, 3.63) is 78.1 Å². The molecule has 0 fully saturated rings. The van der Waals surface area contributed by atoms with E-state index < -0.39 is 11.9 Å². The molecule has 1 aromatic heterocycles. The Kier molecular flexibility index (Phi) is 5.12. The highest BCUT2D eigenvalue weighted by Gasteiger charge is 2.20. The minimum atomic E-state index is -0.972. The molecule has 2 aromatic carbocycles. The third kappa shape index (κ3) is 3.97. The number of carbonyl (C=O) groups is 2. The van der Waals surface area contributed by atoms with E-state index in [0.717, 1.165) is 11.1 Å². The van der Waals surface area contributed by atoms with Crippen LogP contribution in [0.5, 0.6) is 0 Å². The van der Waals surface area contributed by atoms with Gasteiger partial charge in [-0.2, -0.15) is 5.10 Å². The van der Waals surface area contributed by atoms with Gasteiger partial charge >= 0.3 is 5.97 Å². The van der Waals surface area contributed by atoms with Crippen molar-refractivity contribution in [1.29, 1.82) is 0 Å². The molecule has 1 atom stereocenters. The zero-order valence-electron chi connectivity index (χ0n) is 14.3. The predicted octanol–water partition coefficient (Wildman–Crippen LogP) is 2.69. The molecule has 1 amide bonds. The van der Waals surface area contributed by atoms with Crippen molar-refractivity contribution in [2.75, 3.05) is 6.54 Å². The molecule has 0 aliphatic carbocycles. The Morgan fingerprint density at radius 1 is 1.12 bits per heavy atom. The van der Waals surface area contributed by atoms with Gasteiger partial charge in [0.25, 0.3) is 5.91 Å². The van der Waals surface area contributed by atoms with Crippen LogP contribution in [0.4, 0.5) is 0 Å². The Morgan fingerprint density at radius 2 is 1.88 bits per heavy atom. The van der Waals surface area contributed by atoms with E-state index in [1.165, 1.54) is 0 Å². The molecule has 1 unspecified atom stereocenters. The number of carbonyl (C=O) groups excluding carboxylic acids is 1. The Balaban J connectivity index is 1.72. The lowest BCUT2D eigenvalue weighted by molar-refractivity contribution is -0.138. The minimum Gasteiger partial charge on any atom is -0.481 e. The van der Waals surface area contributed by atoms with E-state index in [0.29, 0.717) is 11.1 Å². The number of aliphatic carboxylic acids is 1. The van der Waals surface area contributed by atoms with Crippen molar-refractivity contribution < 1.29 is 14.7 Å². The molecule has 0 radical (unpaired) electrons. The summed E-state index contributed by atoms with van der Waals surface area (Å²) in [5.41, 5.74) is 2.92. The van der Waals surface area contributed by atoms with Gasteiger partial charge < -0.3 is 10.4 Å². The van der Waals surface area contributed by atoms with E-state index in [-0.39, 0.29) is 12.5 Å². The molecule has 26 heavy (non-hydrogen) atoms. The minimum absolute atomic E-state index is 0.0231. The number of hydrogen-bond donors (Lipinski definition) is 2. The van der Waals surface area contributed by atoms with Crippen LogP contribution in [0.2, 0.25) is 0 Å². The van der Waals surface area contributed by atoms with E-state index in [1.807, 2.05) is 25.4 Å². The molecule has 2 N–H and O–H groups in total. The highest BCUT2D eigenvalue weighted by molar-refractivity contribution is 5.95. The second-order valence-electron chi connectivity index (χ2n) is 6.00. The maximum absolute atomic E-state index is 12.5. The number of amides is 1. The second-order valence-corrected chi connectivity index (χ2v) is 6.00. The lowest BCUT2D eigenvalue weighted by Gasteiger charge is -2.14. The summed E-state index contributed by atoms with van der Waals surface area (Å²) in [6.07, 6.45) is 3.60. The van der Waals surface area contributed by atoms with Gasteiger partial charge in [0.2, 0.25) is 0 Å². The molecule has 0 aliphatic rings. The SMILES string of the molecule is Cn1cc(-c2cccc(C(=O)NCC(C(=O)O)c3ccccc3)c2)cn1. The van der Waals surface area contributed by atoms with Gasteiger partial charge in [-0.05, 0) is 23.3 Å². The maximum atomic E-state index is 12.5. The standard InChI is InChI=1S/C20H19N3O3/c1-23-13-17(11-22-23)15-8-5-9-16(10-15)19(24)21-12-18(20(25)26)14-6-3-2-4-7-14/h2-11,13,18H,12H2,1H3,(H,21,24)(H,25,26). The molecule has 0 bridgehead atoms. The van der Waals surface area contributed by atoms with E-state index in [9.17, 15) is 14.7 Å². The fourth-order valence-corrected chi connectivity index (χ4v) is 2.74. The predicted molar refractivity (Wildman–Crippen MR) is 97.8 cm³/mol. The molecule has 0 saturated carbocycles. The maximum Gasteiger partial charge on any atom is 0.312 e. The molecular weight excluding hydrogens is 330 g/mol. The Hall–Kier alpha value is -3.41. The topological polar surface area (TPSA) is 84.2 Å². The van der Waals surface area contributed by atoms with Crippen LogP contribution in [0.15, 0.2) is 67.0 Å². The zero-order valence-corrected chi connectivity index (χ0v) is 14.3. The molecule has 3 rings (SSSR count). The van der Waals surface area contributed by atoms with Crippen LogP contribution in [-0.4, -0.2) is 33.3 Å². The number of aryl methyl sites for hydroxylation is 1. The van der Waals surface area contributed by atoms with Gasteiger partial charge in [0.05, 0.1) is 12.1 Å². The number of nitrogens with one attached hydrogen (secondary N) is 1. The number of carboxylic acid groups (broad SMARTS) is 1. The van der Waals surface area contributed by atoms with Crippen LogP contribution in [0.1, 0.15) is 21.8 Å². The number of carboxylic acids is 1. The fourth-order valence-electron chi connectivity index (χ4n) is 2.74. The van der Waals surface area contributed by atoms with Gasteiger partial charge in [0.15, 0.2) is 0 Å². The monoisotopic (exact) mass is 349 g/mol. The van der Waals surface area contributed by atoms with Crippen molar-refractivity contribution >= 4 is 11.9 Å². The van der Waals surface area contributed by atoms with Crippen molar-refractivity contribution in [2.24, 2.45) is 7.05 Å². The normalized spacial score (nSPS) is 11.7. The molecule has 0 saturated heterocycles. The van der Waals surface area contributed by atoms with Gasteiger partial charge in [-0.1, -0.05) is 42.5 Å². The molecule has 132 valence electrons. The van der Waals surface area contributed by atoms with Crippen molar-refractivity contribution in [3.63, 3.8) is 0 Å². The average Bonchev–Trinajstić information content (AvgIpc) is 3.09. The summed E-state index contributed by atoms with van der Waals surface area (Å²) >= 11 is 0. The smallest absolute Gasteiger partial charge is 0.312 e. The second kappa shape index (κ2) is 7.65. The Morgan fingerprint density at radius 3 is 2.54 bits per heavy atom. The van der Waals surface area contributed by atoms with Crippen molar-refractivity contribution in [2.45, 2.75) is 5.92 Å². The van der Waals surface area contributed by atoms with Crippen molar-refractivity contribution in [1.82, 2.24) is 15.1 Å². The first kappa shape index (κ1) is 17.4. The molecular formula is C20H19N3O3. The average molecular weight is 349 g/mol. The van der Waals surface area contributed by atoms with Crippen LogP contribution in [0, 0.1) is 0 Å². The molecule has 6 nitrogen and oxygen atoms in total. The quantitative estimate of drug-likeness (QED) is 0.717. The van der Waals surface area contributed by atoms with Gasteiger partial charge in [0, 0.05) is 30.9 Å². The summed E-state index contributed by atoms with van der Waals surface area (Å²) in [6, 6.07) is 16.0. The van der Waals surface area contributed by atoms with Crippen LogP contribution < -0.4 is 5.32 Å². The number of benzene rings is 2. The molecule has 1 heterocycles. The Labute approximate surface area is 151 Å². The molecule has 6 heteroatoms. The highest BCUT2D eigenvalue weighted by Crippen LogP contribution is 2.20. The van der Waals surface area contributed by atoms with Gasteiger partial charge in [-0.15, -0.1) is 0 Å². The third-order valence-electron chi connectivity index (χ3n) is 4.13. The van der Waals surface area contributed by atoms with E-state index >= 15 is 0 Å². The molecule has 0 aliphatic heterocycles.